The Kier molecular flexibility index (Phi) is 5.65. The molecule has 0 aliphatic heterocycles. The number of urea groups is 1. The number of carbonyl (C=O) groups excluding carboxylic acids is 2. The number of hydrogen-bond acceptors (Lipinski definition) is 3. The van der Waals surface area contributed by atoms with Crippen LogP contribution in [0.1, 0.15) is 15.9 Å². The Balaban J connectivity index is 2.18. The highest BCUT2D eigenvalue weighted by Crippen LogP contribution is 2.24. The van der Waals surface area contributed by atoms with E-state index in [1.807, 2.05) is 0 Å². The molecule has 24 heavy (non-hydrogen) atoms. The molecule has 2 aromatic rings. The second kappa shape index (κ2) is 7.70. The minimum Gasteiger partial charge on any atom is -0.496 e. The smallest absolute Gasteiger partial charge is 0.316 e. The fraction of sp³-hybridized carbons (Fsp3) is 0.176. The predicted octanol–water partition coefficient (Wildman–Crippen LogP) is 3.11. The number of amides is 3. The van der Waals surface area contributed by atoms with Crippen LogP contribution in [0, 0.1) is 0 Å². The Morgan fingerprint density at radius 2 is 2.00 bits per heavy atom. The standard InChI is InChI=1S/C17H18ClN3O3/c1-21(10-12-8-13(18)6-7-15(12)24-2)16(22)11-4-3-5-14(9-11)20-17(19)23/h3-9H,10H2,1-2H3,(H3,19,20,23). The van der Waals surface area contributed by atoms with E-state index >= 15 is 0 Å². The molecule has 0 atom stereocenters. The third-order valence-electron chi connectivity index (χ3n) is 3.37. The van der Waals surface area contributed by atoms with Crippen LogP contribution in [0.15, 0.2) is 42.5 Å². The molecule has 126 valence electrons. The largest absolute Gasteiger partial charge is 0.496 e. The number of hydrogen-bond donors (Lipinski definition) is 2. The van der Waals surface area contributed by atoms with Gasteiger partial charge in [-0.15, -0.1) is 0 Å². The molecule has 0 saturated carbocycles. The number of rotatable bonds is 5. The van der Waals surface area contributed by atoms with Crippen molar-refractivity contribution in [3.8, 4) is 5.75 Å². The summed E-state index contributed by atoms with van der Waals surface area (Å²) in [6, 6.07) is 11.1. The van der Waals surface area contributed by atoms with Gasteiger partial charge in [0.15, 0.2) is 0 Å². The molecular weight excluding hydrogens is 330 g/mol. The number of primary amides is 1. The Morgan fingerprint density at radius 3 is 2.67 bits per heavy atom. The number of benzene rings is 2. The lowest BCUT2D eigenvalue weighted by Crippen LogP contribution is -2.26. The first kappa shape index (κ1) is 17.6. The van der Waals surface area contributed by atoms with Crippen LogP contribution in [0.4, 0.5) is 10.5 Å². The van der Waals surface area contributed by atoms with Gasteiger partial charge in [-0.3, -0.25) is 4.79 Å². The van der Waals surface area contributed by atoms with Crippen LogP contribution in [-0.2, 0) is 6.54 Å². The van der Waals surface area contributed by atoms with Crippen molar-refractivity contribution in [3.63, 3.8) is 0 Å². The van der Waals surface area contributed by atoms with Gasteiger partial charge in [-0.2, -0.15) is 0 Å². The number of carbonyl (C=O) groups is 2. The minimum absolute atomic E-state index is 0.204. The number of anilines is 1. The number of nitrogens with zero attached hydrogens (tertiary/aromatic N) is 1. The van der Waals surface area contributed by atoms with Gasteiger partial charge in [0, 0.05) is 35.4 Å². The zero-order valence-electron chi connectivity index (χ0n) is 13.4. The number of ether oxygens (including phenoxy) is 1. The molecule has 0 aliphatic rings. The van der Waals surface area contributed by atoms with Gasteiger partial charge in [0.1, 0.15) is 5.75 Å². The van der Waals surface area contributed by atoms with E-state index in [1.54, 1.807) is 56.6 Å². The summed E-state index contributed by atoms with van der Waals surface area (Å²) in [6.45, 7) is 0.329. The van der Waals surface area contributed by atoms with Crippen molar-refractivity contribution in [1.29, 1.82) is 0 Å². The van der Waals surface area contributed by atoms with Crippen LogP contribution in [-0.4, -0.2) is 31.0 Å². The molecule has 0 heterocycles. The van der Waals surface area contributed by atoms with Crippen molar-refractivity contribution < 1.29 is 14.3 Å². The number of nitrogens with two attached hydrogens (primary N) is 1. The monoisotopic (exact) mass is 347 g/mol. The first-order valence-corrected chi connectivity index (χ1v) is 7.53. The Bertz CT molecular complexity index is 764. The molecule has 7 heteroatoms. The van der Waals surface area contributed by atoms with Gasteiger partial charge in [0.25, 0.3) is 5.91 Å². The predicted molar refractivity (Wildman–Crippen MR) is 93.4 cm³/mol. The van der Waals surface area contributed by atoms with Gasteiger partial charge in [-0.05, 0) is 36.4 Å². The van der Waals surface area contributed by atoms with Gasteiger partial charge >= 0.3 is 6.03 Å². The van der Waals surface area contributed by atoms with E-state index in [-0.39, 0.29) is 5.91 Å². The summed E-state index contributed by atoms with van der Waals surface area (Å²) < 4.78 is 5.29. The van der Waals surface area contributed by atoms with E-state index in [1.165, 1.54) is 4.90 Å². The summed E-state index contributed by atoms with van der Waals surface area (Å²) in [5.41, 5.74) is 6.78. The second-order valence-electron chi connectivity index (χ2n) is 5.19. The van der Waals surface area contributed by atoms with Crippen molar-refractivity contribution in [2.24, 2.45) is 5.73 Å². The molecule has 0 unspecified atom stereocenters. The summed E-state index contributed by atoms with van der Waals surface area (Å²) in [4.78, 5) is 25.0. The zero-order valence-corrected chi connectivity index (χ0v) is 14.1. The van der Waals surface area contributed by atoms with Gasteiger partial charge in [-0.1, -0.05) is 17.7 Å². The normalized spacial score (nSPS) is 10.1. The molecule has 2 aromatic carbocycles. The van der Waals surface area contributed by atoms with Crippen molar-refractivity contribution in [2.45, 2.75) is 6.54 Å². The molecule has 0 spiro atoms. The second-order valence-corrected chi connectivity index (χ2v) is 5.62. The van der Waals surface area contributed by atoms with Crippen molar-refractivity contribution >= 4 is 29.2 Å². The maximum Gasteiger partial charge on any atom is 0.316 e. The summed E-state index contributed by atoms with van der Waals surface area (Å²) in [5, 5.41) is 3.01. The maximum absolute atomic E-state index is 12.6. The highest BCUT2D eigenvalue weighted by atomic mass is 35.5. The lowest BCUT2D eigenvalue weighted by atomic mass is 10.1. The lowest BCUT2D eigenvalue weighted by Gasteiger charge is -2.19. The van der Waals surface area contributed by atoms with E-state index < -0.39 is 6.03 Å². The Labute approximate surface area is 145 Å². The molecule has 0 aromatic heterocycles. The van der Waals surface area contributed by atoms with E-state index in [0.29, 0.717) is 28.6 Å². The highest BCUT2D eigenvalue weighted by molar-refractivity contribution is 6.30. The Hall–Kier alpha value is -2.73. The fourth-order valence-electron chi connectivity index (χ4n) is 2.29. The van der Waals surface area contributed by atoms with Crippen LogP contribution in [0.25, 0.3) is 0 Å². The third kappa shape index (κ3) is 4.39. The summed E-state index contributed by atoms with van der Waals surface area (Å²) in [6.07, 6.45) is 0. The van der Waals surface area contributed by atoms with E-state index in [2.05, 4.69) is 5.32 Å². The highest BCUT2D eigenvalue weighted by Gasteiger charge is 2.15. The molecule has 3 amide bonds. The third-order valence-corrected chi connectivity index (χ3v) is 3.61. The maximum atomic E-state index is 12.6. The van der Waals surface area contributed by atoms with E-state index in [4.69, 9.17) is 22.1 Å². The van der Waals surface area contributed by atoms with Crippen molar-refractivity contribution in [3.05, 3.63) is 58.6 Å². The summed E-state index contributed by atoms with van der Waals surface area (Å²) in [5.74, 6) is 0.452. The SMILES string of the molecule is COc1ccc(Cl)cc1CN(C)C(=O)c1cccc(NC(N)=O)c1. The van der Waals surface area contributed by atoms with Crippen LogP contribution in [0.3, 0.4) is 0 Å². The van der Waals surface area contributed by atoms with Crippen LogP contribution >= 0.6 is 11.6 Å². The first-order chi connectivity index (χ1) is 11.4. The zero-order chi connectivity index (χ0) is 17.7. The lowest BCUT2D eigenvalue weighted by molar-refractivity contribution is 0.0784. The van der Waals surface area contributed by atoms with Crippen LogP contribution in [0.2, 0.25) is 5.02 Å². The molecule has 0 aliphatic carbocycles. The molecule has 0 radical (unpaired) electrons. The molecule has 6 nitrogen and oxygen atoms in total. The average Bonchev–Trinajstić information content (AvgIpc) is 2.54. The van der Waals surface area contributed by atoms with Crippen molar-refractivity contribution in [2.75, 3.05) is 19.5 Å². The summed E-state index contributed by atoms with van der Waals surface area (Å²) >= 11 is 6.01. The first-order valence-electron chi connectivity index (χ1n) is 7.15. The molecule has 0 bridgehead atoms. The minimum atomic E-state index is -0.684. The molecule has 0 saturated heterocycles. The Morgan fingerprint density at radius 1 is 1.25 bits per heavy atom. The van der Waals surface area contributed by atoms with Gasteiger partial charge in [-0.25, -0.2) is 4.79 Å². The fourth-order valence-corrected chi connectivity index (χ4v) is 2.49. The number of methoxy groups -OCH3 is 1. The van der Waals surface area contributed by atoms with Gasteiger partial charge < -0.3 is 20.7 Å². The van der Waals surface area contributed by atoms with E-state index in [9.17, 15) is 9.59 Å². The van der Waals surface area contributed by atoms with E-state index in [0.717, 1.165) is 5.56 Å². The molecule has 2 rings (SSSR count). The molecular formula is C17H18ClN3O3. The van der Waals surface area contributed by atoms with Gasteiger partial charge in [0.05, 0.1) is 7.11 Å². The summed E-state index contributed by atoms with van der Waals surface area (Å²) in [7, 11) is 3.24. The quantitative estimate of drug-likeness (QED) is 0.871. The van der Waals surface area contributed by atoms with Gasteiger partial charge in [0.2, 0.25) is 0 Å². The van der Waals surface area contributed by atoms with Crippen LogP contribution < -0.4 is 15.8 Å². The molecule has 0 fully saturated rings. The topological polar surface area (TPSA) is 84.7 Å². The number of halogens is 1. The average molecular weight is 348 g/mol. The van der Waals surface area contributed by atoms with Crippen molar-refractivity contribution in [1.82, 2.24) is 4.90 Å². The van der Waals surface area contributed by atoms with Crippen LogP contribution in [0.5, 0.6) is 5.75 Å². The molecule has 3 N–H and O–H groups in total. The number of nitrogens with one attached hydrogen (secondary N) is 1.